The summed E-state index contributed by atoms with van der Waals surface area (Å²) >= 11 is 0. The minimum atomic E-state index is -1.54. The summed E-state index contributed by atoms with van der Waals surface area (Å²) in [5, 5.41) is 18.4. The van der Waals surface area contributed by atoms with E-state index in [1.165, 1.54) is 41.7 Å². The van der Waals surface area contributed by atoms with Gasteiger partial charge in [0, 0.05) is 12.1 Å². The normalized spacial score (nSPS) is 16.6. The molecule has 4 aromatic rings. The van der Waals surface area contributed by atoms with Gasteiger partial charge < -0.3 is 45.3 Å². The van der Waals surface area contributed by atoms with E-state index >= 15 is 0 Å². The Morgan fingerprint density at radius 1 is 0.630 bits per heavy atom. The summed E-state index contributed by atoms with van der Waals surface area (Å²) in [6.07, 6.45) is 0. The minimum absolute atomic E-state index is 0. The molecule has 0 unspecified atom stereocenters. The molecule has 11 heteroatoms. The number of quaternary nitrogens is 1. The number of rotatable bonds is 5. The first-order valence-electron chi connectivity index (χ1n) is 14.9. The zero-order valence-electron chi connectivity index (χ0n) is 28.7. The van der Waals surface area contributed by atoms with E-state index in [1.807, 2.05) is 0 Å². The van der Waals surface area contributed by atoms with Crippen molar-refractivity contribution in [1.82, 2.24) is 5.32 Å². The molecule has 238 valence electrons. The maximum absolute atomic E-state index is 8.64. The second-order valence-corrected chi connectivity index (χ2v) is 20.6. The zero-order chi connectivity index (χ0) is 29.7. The summed E-state index contributed by atoms with van der Waals surface area (Å²) in [5.41, 5.74) is 0. The fourth-order valence-corrected chi connectivity index (χ4v) is 16.6. The number of hydrogen-bond acceptors (Lipinski definition) is 4. The molecule has 2 aliphatic rings. The predicted octanol–water partition coefficient (Wildman–Crippen LogP) is -5.83. The average Bonchev–Trinajstić information content (AvgIpc) is 3.07. The van der Waals surface area contributed by atoms with E-state index < -0.39 is 16.1 Å². The van der Waals surface area contributed by atoms with Gasteiger partial charge in [-0.15, -0.1) is 12.4 Å². The summed E-state index contributed by atoms with van der Waals surface area (Å²) in [6, 6.07) is 50.3. The van der Waals surface area contributed by atoms with Crippen molar-refractivity contribution in [3.8, 4) is 0 Å². The molecule has 0 spiro atoms. The first-order chi connectivity index (χ1) is 20.5. The summed E-state index contributed by atoms with van der Waals surface area (Å²) < 4.78 is 1.18. The number of benzene rings is 4. The molecule has 6 rings (SSSR count). The Bertz CT molecular complexity index is 1270. The summed E-state index contributed by atoms with van der Waals surface area (Å²) in [5.74, 6) is 0. The van der Waals surface area contributed by atoms with Gasteiger partial charge >= 0.3 is 103 Å². The van der Waals surface area contributed by atoms with Crippen LogP contribution >= 0.6 is 12.4 Å². The van der Waals surface area contributed by atoms with Crippen LogP contribution in [0.5, 0.6) is 0 Å². The van der Waals surface area contributed by atoms with Crippen LogP contribution in [0.4, 0.5) is 0 Å². The molecule has 2 heterocycles. The van der Waals surface area contributed by atoms with Crippen LogP contribution in [0.2, 0.25) is 24.2 Å². The Kier molecular flexibility index (Phi) is 24.7. The third kappa shape index (κ3) is 12.9. The standard InChI is InChI=1S/C18H24NSi.C16H19NSi.CH2O3.ClH.HI.2K.H/c1-19(2)13-15-20(16-14-19,17-9-5-3-6-10-17)18-11-7-4-8-12-18;1-3-7-15(8-4-1)18(13-11-17-12-14-18)16-9-5-2-6-10-16;2-1-4-3;;;;;/h3-12H,13-16H2,1-2H3;1-10,17H,11-14H2;1,3H;2*1H;;;/q+1;;;;;2*+1;-1/p-2. The van der Waals surface area contributed by atoms with Gasteiger partial charge in [-0.2, -0.15) is 0 Å². The SMILES string of the molecule is C[N+]1(C)CC[Si](c2ccccc2)(c2ccccc2)CC1.Cl.O=CO[O-].[H-].[I-].[K+].[K+].c1ccc([Si]2(c3ccccc3)CCNCC2)cc1. The van der Waals surface area contributed by atoms with Gasteiger partial charge in [0.25, 0.3) is 6.47 Å². The Morgan fingerprint density at radius 3 is 1.15 bits per heavy atom. The van der Waals surface area contributed by atoms with Crippen LogP contribution in [0.1, 0.15) is 1.43 Å². The molecule has 2 saturated heterocycles. The molecule has 0 aliphatic carbocycles. The molecule has 0 saturated carbocycles. The van der Waals surface area contributed by atoms with Gasteiger partial charge in [-0.25, -0.2) is 0 Å². The number of halogens is 2. The monoisotopic (exact) mass is 838 g/mol. The molecule has 2 aliphatic heterocycles. The molecule has 1 N–H and O–H groups in total. The molecule has 4 aromatic carbocycles. The third-order valence-corrected chi connectivity index (χ3v) is 19.2. The number of hydrogen-bond donors (Lipinski definition) is 1. The van der Waals surface area contributed by atoms with E-state index in [9.17, 15) is 0 Å². The van der Waals surface area contributed by atoms with Crippen LogP contribution in [0, 0.1) is 0 Å². The zero-order valence-corrected chi connectivity index (χ0v) is 39.0. The molecule has 46 heavy (non-hydrogen) atoms. The molecule has 0 aromatic heterocycles. The van der Waals surface area contributed by atoms with Crippen LogP contribution in [0.25, 0.3) is 0 Å². The largest absolute Gasteiger partial charge is 1.00 e. The summed E-state index contributed by atoms with van der Waals surface area (Å²) in [4.78, 5) is 11.2. The van der Waals surface area contributed by atoms with Crippen LogP contribution in [0.3, 0.4) is 0 Å². The second-order valence-electron chi connectivity index (χ2n) is 12.0. The van der Waals surface area contributed by atoms with Crippen molar-refractivity contribution in [1.29, 1.82) is 0 Å². The molecule has 0 amide bonds. The maximum Gasteiger partial charge on any atom is 1.00 e. The smallest absolute Gasteiger partial charge is 1.00 e. The van der Waals surface area contributed by atoms with E-state index in [0.29, 0.717) is 0 Å². The first kappa shape index (κ1) is 47.0. The predicted molar refractivity (Wildman–Crippen MR) is 185 cm³/mol. The number of nitrogens with one attached hydrogen (secondary N) is 1. The van der Waals surface area contributed by atoms with Crippen molar-refractivity contribution in [2.75, 3.05) is 40.3 Å². The van der Waals surface area contributed by atoms with Gasteiger partial charge in [-0.05, 0) is 25.2 Å². The Balaban J connectivity index is 0. The maximum atomic E-state index is 8.64. The van der Waals surface area contributed by atoms with Crippen LogP contribution < -0.4 is 158 Å². The van der Waals surface area contributed by atoms with E-state index in [2.05, 4.69) is 146 Å². The first-order valence-corrected chi connectivity index (χ1v) is 19.8. The molecule has 0 radical (unpaired) electrons. The molecule has 0 bridgehead atoms. The van der Waals surface area contributed by atoms with Gasteiger partial charge in [0.05, 0.1) is 27.2 Å². The van der Waals surface area contributed by atoms with Gasteiger partial charge in [-0.3, -0.25) is 4.79 Å². The second kappa shape index (κ2) is 24.2. The molecule has 0 atom stereocenters. The van der Waals surface area contributed by atoms with Crippen molar-refractivity contribution >= 4 is 55.8 Å². The van der Waals surface area contributed by atoms with Crippen molar-refractivity contribution in [2.45, 2.75) is 24.2 Å². The van der Waals surface area contributed by atoms with Gasteiger partial charge in [-0.1, -0.05) is 142 Å². The Labute approximate surface area is 388 Å². The molecular weight excluding hydrogens is 793 g/mol. The van der Waals surface area contributed by atoms with Gasteiger partial charge in [0.1, 0.15) is 16.1 Å². The van der Waals surface area contributed by atoms with Crippen LogP contribution in [-0.4, -0.2) is 67.4 Å². The third-order valence-electron chi connectivity index (χ3n) is 9.09. The van der Waals surface area contributed by atoms with Crippen LogP contribution in [0.15, 0.2) is 121 Å². The summed E-state index contributed by atoms with van der Waals surface area (Å²) in [7, 11) is 1.70. The van der Waals surface area contributed by atoms with Gasteiger partial charge in [0.15, 0.2) is 0 Å². The van der Waals surface area contributed by atoms with E-state index in [4.69, 9.17) is 10.1 Å². The number of carbonyl (C=O) groups excluding carboxylic acids is 1. The van der Waals surface area contributed by atoms with Gasteiger partial charge in [0.2, 0.25) is 0 Å². The average molecular weight is 839 g/mol. The van der Waals surface area contributed by atoms with Crippen LogP contribution in [-0.2, 0) is 9.68 Å². The van der Waals surface area contributed by atoms with Crippen molar-refractivity contribution < 1.29 is 148 Å². The van der Waals surface area contributed by atoms with E-state index in [0.717, 1.165) is 13.1 Å². The minimum Gasteiger partial charge on any atom is -1.00 e. The number of carbonyl (C=O) groups is 1. The number of nitrogens with zero attached hydrogens (tertiary/aromatic N) is 1. The quantitative estimate of drug-likeness (QED) is 0.0545. The van der Waals surface area contributed by atoms with Crippen molar-refractivity contribution in [3.05, 3.63) is 121 Å². The molecule has 5 nitrogen and oxygen atoms in total. The summed E-state index contributed by atoms with van der Waals surface area (Å²) in [6.45, 7) is 4.75. The van der Waals surface area contributed by atoms with E-state index in [-0.39, 0.29) is 147 Å². The van der Waals surface area contributed by atoms with E-state index in [1.54, 1.807) is 20.7 Å². The fourth-order valence-electron chi connectivity index (χ4n) is 6.59. The fraction of sp³-hybridized carbons (Fsp3) is 0.286. The topological polar surface area (TPSA) is 61.4 Å². The van der Waals surface area contributed by atoms with Crippen molar-refractivity contribution in [2.24, 2.45) is 0 Å². The molecule has 2 fully saturated rings. The Morgan fingerprint density at radius 2 is 0.891 bits per heavy atom. The Hall–Kier alpha value is 0.956. The van der Waals surface area contributed by atoms with Crippen molar-refractivity contribution in [3.63, 3.8) is 0 Å². The molecular formula is C35H46ClIK2N2O3Si2.